The highest BCUT2D eigenvalue weighted by Gasteiger charge is 1.99. The van der Waals surface area contributed by atoms with Crippen LogP contribution in [-0.2, 0) is 6.42 Å². The Kier molecular flexibility index (Phi) is 7.92. The van der Waals surface area contributed by atoms with Crippen LogP contribution in [-0.4, -0.2) is 0 Å². The molecular formula is C14H22. The van der Waals surface area contributed by atoms with E-state index in [4.69, 9.17) is 0 Å². The van der Waals surface area contributed by atoms with Crippen molar-refractivity contribution >= 4 is 0 Å². The summed E-state index contributed by atoms with van der Waals surface area (Å²) in [5.74, 6) is 0.713. The Labute approximate surface area is 88.7 Å². The average molecular weight is 190 g/mol. The zero-order chi connectivity index (χ0) is 10.8. The molecule has 0 amide bonds. The second-order valence-corrected chi connectivity index (χ2v) is 3.32. The molecule has 0 heterocycles. The molecule has 0 saturated heterocycles. The fourth-order valence-corrected chi connectivity index (χ4v) is 1.38. The van der Waals surface area contributed by atoms with Crippen LogP contribution in [0.2, 0.25) is 0 Å². The number of allylic oxidation sites excluding steroid dienone is 1. The van der Waals surface area contributed by atoms with E-state index >= 15 is 0 Å². The Hall–Kier alpha value is -1.04. The van der Waals surface area contributed by atoms with Crippen LogP contribution >= 0.6 is 0 Å². The highest BCUT2D eigenvalue weighted by molar-refractivity contribution is 5.15. The number of rotatable bonds is 4. The van der Waals surface area contributed by atoms with Crippen molar-refractivity contribution in [2.75, 3.05) is 0 Å². The monoisotopic (exact) mass is 190 g/mol. The lowest BCUT2D eigenvalue weighted by atomic mass is 9.98. The molecule has 1 aromatic rings. The van der Waals surface area contributed by atoms with Crippen molar-refractivity contribution in [3.63, 3.8) is 0 Å². The van der Waals surface area contributed by atoms with Gasteiger partial charge in [-0.25, -0.2) is 0 Å². The molecule has 0 bridgehead atoms. The van der Waals surface area contributed by atoms with E-state index in [0.717, 1.165) is 12.8 Å². The molecule has 0 aromatic heterocycles. The van der Waals surface area contributed by atoms with Crippen LogP contribution in [0.15, 0.2) is 43.0 Å². The molecule has 1 aromatic carbocycles. The highest BCUT2D eigenvalue weighted by Crippen LogP contribution is 2.11. The standard InChI is InChI=1S/C12H16.C2H6/c1-3-7-11(2)10-12-8-5-4-6-9-12;1-2/h3-6,8-9,11H,1,7,10H2,2H3;1-2H3. The van der Waals surface area contributed by atoms with Crippen molar-refractivity contribution in [1.29, 1.82) is 0 Å². The first-order valence-corrected chi connectivity index (χ1v) is 5.47. The third-order valence-corrected chi connectivity index (χ3v) is 2.00. The first-order chi connectivity index (χ1) is 6.83. The van der Waals surface area contributed by atoms with E-state index in [-0.39, 0.29) is 0 Å². The Balaban J connectivity index is 0.000000791. The van der Waals surface area contributed by atoms with E-state index in [2.05, 4.69) is 43.8 Å². The van der Waals surface area contributed by atoms with Gasteiger partial charge in [-0.3, -0.25) is 0 Å². The van der Waals surface area contributed by atoms with Crippen molar-refractivity contribution in [2.24, 2.45) is 5.92 Å². The predicted molar refractivity (Wildman–Crippen MR) is 65.5 cm³/mol. The minimum Gasteiger partial charge on any atom is -0.103 e. The molecule has 0 saturated carbocycles. The summed E-state index contributed by atoms with van der Waals surface area (Å²) in [5, 5.41) is 0. The summed E-state index contributed by atoms with van der Waals surface area (Å²) in [4.78, 5) is 0. The lowest BCUT2D eigenvalue weighted by Crippen LogP contribution is -1.97. The molecule has 0 N–H and O–H groups in total. The minimum atomic E-state index is 0.713. The smallest absolute Gasteiger partial charge is 0.0250 e. The molecule has 1 unspecified atom stereocenters. The largest absolute Gasteiger partial charge is 0.103 e. The van der Waals surface area contributed by atoms with Gasteiger partial charge in [0.1, 0.15) is 0 Å². The molecule has 14 heavy (non-hydrogen) atoms. The maximum atomic E-state index is 3.74. The van der Waals surface area contributed by atoms with Crippen molar-refractivity contribution in [3.8, 4) is 0 Å². The Morgan fingerprint density at radius 3 is 2.29 bits per heavy atom. The van der Waals surface area contributed by atoms with Gasteiger partial charge in [-0.2, -0.15) is 0 Å². The van der Waals surface area contributed by atoms with E-state index in [1.54, 1.807) is 0 Å². The highest BCUT2D eigenvalue weighted by atomic mass is 14.0. The van der Waals surface area contributed by atoms with Crippen molar-refractivity contribution < 1.29 is 0 Å². The van der Waals surface area contributed by atoms with Crippen LogP contribution in [0, 0.1) is 5.92 Å². The van der Waals surface area contributed by atoms with Gasteiger partial charge in [-0.05, 0) is 24.3 Å². The van der Waals surface area contributed by atoms with Gasteiger partial charge in [-0.1, -0.05) is 57.2 Å². The molecule has 0 fully saturated rings. The van der Waals surface area contributed by atoms with Crippen LogP contribution in [0.3, 0.4) is 0 Å². The zero-order valence-electron chi connectivity index (χ0n) is 9.66. The van der Waals surface area contributed by atoms with E-state index in [0.29, 0.717) is 5.92 Å². The lowest BCUT2D eigenvalue weighted by molar-refractivity contribution is 0.590. The first kappa shape index (κ1) is 13.0. The Morgan fingerprint density at radius 2 is 1.79 bits per heavy atom. The van der Waals surface area contributed by atoms with Gasteiger partial charge >= 0.3 is 0 Å². The summed E-state index contributed by atoms with van der Waals surface area (Å²) in [6, 6.07) is 10.6. The molecule has 0 heteroatoms. The Morgan fingerprint density at radius 1 is 1.21 bits per heavy atom. The van der Waals surface area contributed by atoms with Gasteiger partial charge in [0.15, 0.2) is 0 Å². The van der Waals surface area contributed by atoms with E-state index in [9.17, 15) is 0 Å². The maximum absolute atomic E-state index is 3.74. The van der Waals surface area contributed by atoms with Crippen LogP contribution in [0.4, 0.5) is 0 Å². The fourth-order valence-electron chi connectivity index (χ4n) is 1.38. The maximum Gasteiger partial charge on any atom is -0.0250 e. The molecule has 78 valence electrons. The molecule has 0 aliphatic heterocycles. The molecule has 1 rings (SSSR count). The number of hydrogen-bond donors (Lipinski definition) is 0. The van der Waals surface area contributed by atoms with Crippen molar-refractivity contribution in [2.45, 2.75) is 33.6 Å². The van der Waals surface area contributed by atoms with Gasteiger partial charge in [0.2, 0.25) is 0 Å². The van der Waals surface area contributed by atoms with E-state index in [1.807, 2.05) is 19.9 Å². The number of hydrogen-bond acceptors (Lipinski definition) is 0. The van der Waals surface area contributed by atoms with Gasteiger partial charge in [0, 0.05) is 0 Å². The Bertz CT molecular complexity index is 223. The normalized spacial score (nSPS) is 11.1. The molecule has 1 atom stereocenters. The predicted octanol–water partition coefficient (Wildman–Crippen LogP) is 4.47. The summed E-state index contributed by atoms with van der Waals surface area (Å²) in [6.45, 7) is 10.0. The van der Waals surface area contributed by atoms with Crippen molar-refractivity contribution in [3.05, 3.63) is 48.6 Å². The quantitative estimate of drug-likeness (QED) is 0.615. The van der Waals surface area contributed by atoms with Crippen molar-refractivity contribution in [1.82, 2.24) is 0 Å². The zero-order valence-corrected chi connectivity index (χ0v) is 9.66. The van der Waals surface area contributed by atoms with Crippen LogP contribution in [0.1, 0.15) is 32.8 Å². The molecule has 0 aliphatic carbocycles. The van der Waals surface area contributed by atoms with Gasteiger partial charge < -0.3 is 0 Å². The topological polar surface area (TPSA) is 0 Å². The third-order valence-electron chi connectivity index (χ3n) is 2.00. The second kappa shape index (κ2) is 8.55. The van der Waals surface area contributed by atoms with Crippen LogP contribution < -0.4 is 0 Å². The van der Waals surface area contributed by atoms with E-state index in [1.165, 1.54) is 5.56 Å². The van der Waals surface area contributed by atoms with Crippen LogP contribution in [0.5, 0.6) is 0 Å². The summed E-state index contributed by atoms with van der Waals surface area (Å²) in [7, 11) is 0. The number of benzene rings is 1. The fraction of sp³-hybridized carbons (Fsp3) is 0.429. The molecule has 0 spiro atoms. The van der Waals surface area contributed by atoms with Gasteiger partial charge in [0.25, 0.3) is 0 Å². The minimum absolute atomic E-state index is 0.713. The summed E-state index contributed by atoms with van der Waals surface area (Å²) in [5.41, 5.74) is 1.42. The summed E-state index contributed by atoms with van der Waals surface area (Å²) in [6.07, 6.45) is 4.26. The second-order valence-electron chi connectivity index (χ2n) is 3.32. The van der Waals surface area contributed by atoms with E-state index < -0.39 is 0 Å². The average Bonchev–Trinajstić information content (AvgIpc) is 2.22. The van der Waals surface area contributed by atoms with Crippen LogP contribution in [0.25, 0.3) is 0 Å². The summed E-state index contributed by atoms with van der Waals surface area (Å²) < 4.78 is 0. The SMILES string of the molecule is C=CCC(C)Cc1ccccc1.CC. The van der Waals surface area contributed by atoms with Gasteiger partial charge in [-0.15, -0.1) is 6.58 Å². The first-order valence-electron chi connectivity index (χ1n) is 5.47. The molecule has 0 nitrogen and oxygen atoms in total. The summed E-state index contributed by atoms with van der Waals surface area (Å²) >= 11 is 0. The molecule has 0 radical (unpaired) electrons. The lowest BCUT2D eigenvalue weighted by Gasteiger charge is -2.07. The molecular weight excluding hydrogens is 168 g/mol. The molecule has 0 aliphatic rings. The third kappa shape index (κ3) is 5.58. The van der Waals surface area contributed by atoms with Gasteiger partial charge in [0.05, 0.1) is 0 Å².